The van der Waals surface area contributed by atoms with E-state index in [1.165, 1.54) is 4.90 Å². The second-order valence-corrected chi connectivity index (χ2v) is 3.34. The van der Waals surface area contributed by atoms with Crippen LogP contribution in [-0.2, 0) is 6.42 Å². The molecule has 1 rings (SSSR count). The molecule has 4 nitrogen and oxygen atoms in total. The fourth-order valence-electron chi connectivity index (χ4n) is 1.12. The standard InChI is InChI=1S/C11H14N2O2/c1-4-9-5-6-10(15-9)11(14)13(3)8(2)7-12/h5-6,8H,4H2,1-3H3. The molecule has 80 valence electrons. The third-order valence-corrected chi connectivity index (χ3v) is 2.31. The van der Waals surface area contributed by atoms with E-state index < -0.39 is 6.04 Å². The van der Waals surface area contributed by atoms with Crippen molar-refractivity contribution in [3.8, 4) is 6.07 Å². The largest absolute Gasteiger partial charge is 0.456 e. The number of amides is 1. The van der Waals surface area contributed by atoms with Gasteiger partial charge in [-0.2, -0.15) is 5.26 Å². The van der Waals surface area contributed by atoms with Crippen LogP contribution in [0.5, 0.6) is 0 Å². The highest BCUT2D eigenvalue weighted by Crippen LogP contribution is 2.11. The Morgan fingerprint density at radius 2 is 2.33 bits per heavy atom. The van der Waals surface area contributed by atoms with E-state index >= 15 is 0 Å². The van der Waals surface area contributed by atoms with Gasteiger partial charge in [-0.25, -0.2) is 0 Å². The van der Waals surface area contributed by atoms with Crippen LogP contribution < -0.4 is 0 Å². The summed E-state index contributed by atoms with van der Waals surface area (Å²) in [5.41, 5.74) is 0. The molecule has 0 saturated heterocycles. The van der Waals surface area contributed by atoms with Crippen LogP contribution in [0.3, 0.4) is 0 Å². The van der Waals surface area contributed by atoms with Crippen molar-refractivity contribution in [2.45, 2.75) is 26.3 Å². The van der Waals surface area contributed by atoms with Crippen molar-refractivity contribution >= 4 is 5.91 Å². The molecule has 0 aromatic carbocycles. The molecule has 0 saturated carbocycles. The van der Waals surface area contributed by atoms with Crippen LogP contribution in [0.4, 0.5) is 0 Å². The molecule has 0 aliphatic carbocycles. The third kappa shape index (κ3) is 2.38. The van der Waals surface area contributed by atoms with Gasteiger partial charge in [0.05, 0.1) is 6.07 Å². The summed E-state index contributed by atoms with van der Waals surface area (Å²) in [7, 11) is 1.59. The summed E-state index contributed by atoms with van der Waals surface area (Å²) >= 11 is 0. The molecule has 1 unspecified atom stereocenters. The molecule has 1 aromatic heterocycles. The number of rotatable bonds is 3. The molecule has 1 amide bonds. The number of carbonyl (C=O) groups excluding carboxylic acids is 1. The lowest BCUT2D eigenvalue weighted by molar-refractivity contribution is 0.0739. The summed E-state index contributed by atoms with van der Waals surface area (Å²) in [5.74, 6) is 0.802. The zero-order valence-electron chi connectivity index (χ0n) is 9.15. The van der Waals surface area contributed by atoms with Crippen LogP contribution >= 0.6 is 0 Å². The fourth-order valence-corrected chi connectivity index (χ4v) is 1.12. The fraction of sp³-hybridized carbons (Fsp3) is 0.455. The maximum absolute atomic E-state index is 11.8. The van der Waals surface area contributed by atoms with Crippen LogP contribution in [0.1, 0.15) is 30.2 Å². The Bertz CT molecular complexity index is 390. The lowest BCUT2D eigenvalue weighted by atomic mass is 10.3. The lowest BCUT2D eigenvalue weighted by Gasteiger charge is -2.17. The van der Waals surface area contributed by atoms with Gasteiger partial charge in [0, 0.05) is 13.5 Å². The van der Waals surface area contributed by atoms with Gasteiger partial charge < -0.3 is 9.32 Å². The molecule has 0 radical (unpaired) electrons. The first-order valence-corrected chi connectivity index (χ1v) is 4.85. The van der Waals surface area contributed by atoms with Crippen LogP contribution in [0.15, 0.2) is 16.5 Å². The van der Waals surface area contributed by atoms with Crippen LogP contribution in [0.2, 0.25) is 0 Å². The quantitative estimate of drug-likeness (QED) is 0.758. The van der Waals surface area contributed by atoms with E-state index in [4.69, 9.17) is 9.68 Å². The minimum absolute atomic E-state index is 0.260. The van der Waals surface area contributed by atoms with Crippen molar-refractivity contribution in [3.63, 3.8) is 0 Å². The van der Waals surface area contributed by atoms with E-state index in [1.54, 1.807) is 26.1 Å². The molecule has 0 N–H and O–H groups in total. The predicted octanol–water partition coefficient (Wildman–Crippen LogP) is 1.83. The normalized spacial score (nSPS) is 11.9. The number of furan rings is 1. The van der Waals surface area contributed by atoms with Crippen molar-refractivity contribution in [3.05, 3.63) is 23.7 Å². The maximum Gasteiger partial charge on any atom is 0.290 e. The van der Waals surface area contributed by atoms with Crippen molar-refractivity contribution in [2.24, 2.45) is 0 Å². The van der Waals surface area contributed by atoms with E-state index in [0.29, 0.717) is 0 Å². The van der Waals surface area contributed by atoms with E-state index in [2.05, 4.69) is 0 Å². The molecule has 0 spiro atoms. The number of hydrogen-bond acceptors (Lipinski definition) is 3. The summed E-state index contributed by atoms with van der Waals surface area (Å²) in [6.45, 7) is 3.62. The highest BCUT2D eigenvalue weighted by atomic mass is 16.4. The van der Waals surface area contributed by atoms with Gasteiger partial charge in [-0.3, -0.25) is 4.79 Å². The topological polar surface area (TPSA) is 57.2 Å². The monoisotopic (exact) mass is 206 g/mol. The second-order valence-electron chi connectivity index (χ2n) is 3.34. The molecule has 1 aromatic rings. The van der Waals surface area contributed by atoms with Gasteiger partial charge in [-0.15, -0.1) is 0 Å². The van der Waals surface area contributed by atoms with Crippen LogP contribution in [-0.4, -0.2) is 23.9 Å². The Kier molecular flexibility index (Phi) is 3.51. The average Bonchev–Trinajstić information content (AvgIpc) is 2.74. The first-order chi connectivity index (χ1) is 7.10. The van der Waals surface area contributed by atoms with E-state index in [1.807, 2.05) is 13.0 Å². The SMILES string of the molecule is CCc1ccc(C(=O)N(C)C(C)C#N)o1. The highest BCUT2D eigenvalue weighted by molar-refractivity contribution is 5.91. The Hall–Kier alpha value is -1.76. The number of nitrogens with zero attached hydrogens (tertiary/aromatic N) is 2. The van der Waals surface area contributed by atoms with Gasteiger partial charge in [0.15, 0.2) is 5.76 Å². The van der Waals surface area contributed by atoms with Gasteiger partial charge in [0.1, 0.15) is 11.8 Å². The summed E-state index contributed by atoms with van der Waals surface area (Å²) < 4.78 is 5.31. The first-order valence-electron chi connectivity index (χ1n) is 4.85. The van der Waals surface area contributed by atoms with Gasteiger partial charge in [0.25, 0.3) is 5.91 Å². The molecular weight excluding hydrogens is 192 g/mol. The highest BCUT2D eigenvalue weighted by Gasteiger charge is 2.19. The Morgan fingerprint density at radius 1 is 1.67 bits per heavy atom. The van der Waals surface area contributed by atoms with Crippen molar-refractivity contribution in [1.29, 1.82) is 5.26 Å². The molecular formula is C11H14N2O2. The summed E-state index contributed by atoms with van der Waals surface area (Å²) in [5, 5.41) is 8.68. The number of hydrogen-bond donors (Lipinski definition) is 0. The van der Waals surface area contributed by atoms with Gasteiger partial charge >= 0.3 is 0 Å². The lowest BCUT2D eigenvalue weighted by Crippen LogP contribution is -2.33. The van der Waals surface area contributed by atoms with Crippen molar-refractivity contribution in [2.75, 3.05) is 7.05 Å². The molecule has 0 fully saturated rings. The average molecular weight is 206 g/mol. The second kappa shape index (κ2) is 4.65. The first kappa shape index (κ1) is 11.3. The summed E-state index contributed by atoms with van der Waals surface area (Å²) in [4.78, 5) is 13.1. The Morgan fingerprint density at radius 3 is 2.80 bits per heavy atom. The zero-order chi connectivity index (χ0) is 11.4. The number of nitriles is 1. The molecule has 0 aliphatic heterocycles. The molecule has 4 heteroatoms. The minimum Gasteiger partial charge on any atom is -0.456 e. The third-order valence-electron chi connectivity index (χ3n) is 2.31. The molecule has 1 atom stereocenters. The van der Waals surface area contributed by atoms with Gasteiger partial charge in [-0.1, -0.05) is 6.92 Å². The number of aryl methyl sites for hydroxylation is 1. The van der Waals surface area contributed by atoms with E-state index in [0.717, 1.165) is 12.2 Å². The van der Waals surface area contributed by atoms with Gasteiger partial charge in [-0.05, 0) is 19.1 Å². The Balaban J connectivity index is 2.81. The van der Waals surface area contributed by atoms with E-state index in [-0.39, 0.29) is 11.7 Å². The summed E-state index contributed by atoms with van der Waals surface area (Å²) in [6.07, 6.45) is 0.755. The molecule has 1 heterocycles. The van der Waals surface area contributed by atoms with E-state index in [9.17, 15) is 4.79 Å². The zero-order valence-corrected chi connectivity index (χ0v) is 9.15. The van der Waals surface area contributed by atoms with Gasteiger partial charge in [0.2, 0.25) is 0 Å². The molecule has 0 aliphatic rings. The van der Waals surface area contributed by atoms with Crippen molar-refractivity contribution < 1.29 is 9.21 Å². The predicted molar refractivity (Wildman–Crippen MR) is 55.3 cm³/mol. The minimum atomic E-state index is -0.451. The Labute approximate surface area is 89.1 Å². The van der Waals surface area contributed by atoms with Crippen LogP contribution in [0, 0.1) is 11.3 Å². The summed E-state index contributed by atoms with van der Waals surface area (Å²) in [6, 6.07) is 4.96. The smallest absolute Gasteiger partial charge is 0.290 e. The number of carbonyl (C=O) groups is 1. The van der Waals surface area contributed by atoms with Crippen LogP contribution in [0.25, 0.3) is 0 Å². The molecule has 0 bridgehead atoms. The molecule has 15 heavy (non-hydrogen) atoms. The maximum atomic E-state index is 11.8. The van der Waals surface area contributed by atoms with Crippen molar-refractivity contribution in [1.82, 2.24) is 4.90 Å².